The second-order valence-electron chi connectivity index (χ2n) is 3.89. The Bertz CT molecular complexity index is 705. The number of nitro groups is 1. The van der Waals surface area contributed by atoms with Crippen molar-refractivity contribution >= 4 is 5.82 Å². The lowest BCUT2D eigenvalue weighted by atomic mass is 10.2. The minimum Gasteiger partial charge on any atom is -0.480 e. The Balaban J connectivity index is 2.13. The minimum atomic E-state index is -0.673. The summed E-state index contributed by atoms with van der Waals surface area (Å²) in [5, 5.41) is 19.3. The maximum Gasteiger partial charge on any atom is 0.342 e. The zero-order chi connectivity index (χ0) is 14.7. The highest BCUT2D eigenvalue weighted by atomic mass is 19.1. The van der Waals surface area contributed by atoms with E-state index in [0.717, 1.165) is 12.3 Å². The summed E-state index contributed by atoms with van der Waals surface area (Å²) in [4.78, 5) is 13.9. The second kappa shape index (κ2) is 5.36. The highest BCUT2D eigenvalue weighted by molar-refractivity contribution is 5.36. The van der Waals surface area contributed by atoms with Gasteiger partial charge >= 0.3 is 5.82 Å². The molecule has 0 bridgehead atoms. The van der Waals surface area contributed by atoms with Crippen molar-refractivity contribution in [2.75, 3.05) is 0 Å². The van der Waals surface area contributed by atoms with Gasteiger partial charge in [-0.25, -0.2) is 13.9 Å². The van der Waals surface area contributed by atoms with Gasteiger partial charge in [-0.1, -0.05) is 0 Å². The highest BCUT2D eigenvalue weighted by Crippen LogP contribution is 2.20. The Morgan fingerprint density at radius 3 is 2.90 bits per heavy atom. The van der Waals surface area contributed by atoms with Crippen LogP contribution in [0.15, 0.2) is 24.4 Å². The van der Waals surface area contributed by atoms with E-state index in [1.807, 2.05) is 0 Å². The fourth-order valence-corrected chi connectivity index (χ4v) is 1.57. The summed E-state index contributed by atoms with van der Waals surface area (Å²) in [6.07, 6.45) is 1.10. The summed E-state index contributed by atoms with van der Waals surface area (Å²) in [5.41, 5.74) is 0.183. The lowest BCUT2D eigenvalue weighted by Gasteiger charge is -2.05. The van der Waals surface area contributed by atoms with E-state index in [2.05, 4.69) is 4.98 Å². The average molecular weight is 276 g/mol. The normalized spacial score (nSPS) is 10.1. The molecule has 0 unspecified atom stereocenters. The zero-order valence-electron chi connectivity index (χ0n) is 10.4. The maximum atomic E-state index is 13.6. The number of aromatic nitrogens is 2. The van der Waals surface area contributed by atoms with Crippen LogP contribution in [0.2, 0.25) is 0 Å². The number of nitrogens with zero attached hydrogens (tertiary/aromatic N) is 4. The topological polar surface area (TPSA) is 94.0 Å². The van der Waals surface area contributed by atoms with Crippen LogP contribution in [0.1, 0.15) is 11.4 Å². The van der Waals surface area contributed by atoms with Crippen molar-refractivity contribution in [3.05, 3.63) is 51.7 Å². The standard InChI is InChI=1S/C12H9FN4O3/c1-16-11(15-6-12(16)17(18)19)7-20-10-3-2-8(5-14)4-9(10)13/h2-4,6H,7H2,1H3. The monoisotopic (exact) mass is 276 g/mol. The average Bonchev–Trinajstić information content (AvgIpc) is 2.78. The first kappa shape index (κ1) is 13.5. The number of hydrogen-bond donors (Lipinski definition) is 0. The Kier molecular flexibility index (Phi) is 3.61. The number of nitriles is 1. The fourth-order valence-electron chi connectivity index (χ4n) is 1.57. The van der Waals surface area contributed by atoms with E-state index in [4.69, 9.17) is 10.00 Å². The third kappa shape index (κ3) is 2.56. The summed E-state index contributed by atoms with van der Waals surface area (Å²) in [7, 11) is 1.47. The van der Waals surface area contributed by atoms with E-state index >= 15 is 0 Å². The molecule has 2 aromatic rings. The van der Waals surface area contributed by atoms with Crippen LogP contribution in [0.3, 0.4) is 0 Å². The van der Waals surface area contributed by atoms with E-state index in [1.165, 1.54) is 23.7 Å². The van der Waals surface area contributed by atoms with Gasteiger partial charge in [0.2, 0.25) is 5.82 Å². The number of ether oxygens (including phenoxy) is 1. The lowest BCUT2D eigenvalue weighted by molar-refractivity contribution is -0.391. The van der Waals surface area contributed by atoms with Crippen LogP contribution in [0.4, 0.5) is 10.2 Å². The number of hydrogen-bond acceptors (Lipinski definition) is 5. The van der Waals surface area contributed by atoms with Crippen LogP contribution < -0.4 is 4.74 Å². The molecule has 0 saturated carbocycles. The minimum absolute atomic E-state index is 0.0466. The van der Waals surface area contributed by atoms with Gasteiger partial charge in [0.05, 0.1) is 18.7 Å². The molecule has 1 aromatic carbocycles. The summed E-state index contributed by atoms with van der Waals surface area (Å²) in [6, 6.07) is 5.60. The Morgan fingerprint density at radius 2 is 2.35 bits per heavy atom. The second-order valence-corrected chi connectivity index (χ2v) is 3.89. The molecule has 1 heterocycles. The van der Waals surface area contributed by atoms with E-state index < -0.39 is 10.7 Å². The third-order valence-electron chi connectivity index (χ3n) is 2.66. The summed E-state index contributed by atoms with van der Waals surface area (Å²) >= 11 is 0. The van der Waals surface area contributed by atoms with Crippen molar-refractivity contribution < 1.29 is 14.1 Å². The summed E-state index contributed by atoms with van der Waals surface area (Å²) in [6.45, 7) is -0.118. The van der Waals surface area contributed by atoms with Gasteiger partial charge in [-0.15, -0.1) is 0 Å². The SMILES string of the molecule is Cn1c([N+](=O)[O-])cnc1COc1ccc(C#N)cc1F. The molecule has 0 atom stereocenters. The Morgan fingerprint density at radius 1 is 1.60 bits per heavy atom. The highest BCUT2D eigenvalue weighted by Gasteiger charge is 2.17. The molecule has 2 rings (SSSR count). The number of halogens is 1. The first-order valence-electron chi connectivity index (χ1n) is 5.50. The molecular formula is C12H9FN4O3. The molecule has 0 saturated heterocycles. The van der Waals surface area contributed by atoms with Crippen LogP contribution >= 0.6 is 0 Å². The van der Waals surface area contributed by atoms with E-state index in [9.17, 15) is 14.5 Å². The van der Waals surface area contributed by atoms with Gasteiger partial charge in [0, 0.05) is 0 Å². The third-order valence-corrected chi connectivity index (χ3v) is 2.66. The fraction of sp³-hybridized carbons (Fsp3) is 0.167. The maximum absolute atomic E-state index is 13.6. The van der Waals surface area contributed by atoms with Gasteiger partial charge in [0.1, 0.15) is 6.20 Å². The van der Waals surface area contributed by atoms with Gasteiger partial charge in [-0.2, -0.15) is 5.26 Å². The first-order valence-corrected chi connectivity index (χ1v) is 5.50. The molecule has 0 aliphatic rings. The molecule has 7 nitrogen and oxygen atoms in total. The first-order chi connectivity index (χ1) is 9.52. The molecule has 0 spiro atoms. The molecular weight excluding hydrogens is 267 g/mol. The van der Waals surface area contributed by atoms with E-state index in [1.54, 1.807) is 6.07 Å². The van der Waals surface area contributed by atoms with E-state index in [0.29, 0.717) is 5.82 Å². The molecule has 1 aromatic heterocycles. The van der Waals surface area contributed by atoms with Crippen molar-refractivity contribution in [1.29, 1.82) is 5.26 Å². The summed E-state index contributed by atoms with van der Waals surface area (Å²) in [5.74, 6) is -0.605. The molecule has 0 radical (unpaired) electrons. The molecule has 102 valence electrons. The Labute approximate surface area is 113 Å². The molecule has 0 aliphatic carbocycles. The molecule has 8 heteroatoms. The van der Waals surface area contributed by atoms with Gasteiger partial charge < -0.3 is 14.9 Å². The predicted octanol–water partition coefficient (Wildman–Crippen LogP) is 1.92. The van der Waals surface area contributed by atoms with E-state index in [-0.39, 0.29) is 23.7 Å². The zero-order valence-corrected chi connectivity index (χ0v) is 10.4. The van der Waals surface area contributed by atoms with Crippen LogP contribution in [-0.4, -0.2) is 14.5 Å². The van der Waals surface area contributed by atoms with Gasteiger partial charge in [0.15, 0.2) is 18.2 Å². The molecule has 0 N–H and O–H groups in total. The molecule has 20 heavy (non-hydrogen) atoms. The lowest BCUT2D eigenvalue weighted by Crippen LogP contribution is -2.06. The van der Waals surface area contributed by atoms with Crippen LogP contribution in [0, 0.1) is 27.3 Å². The van der Waals surface area contributed by atoms with Crippen molar-refractivity contribution in [2.45, 2.75) is 6.61 Å². The smallest absolute Gasteiger partial charge is 0.342 e. The van der Waals surface area contributed by atoms with Crippen LogP contribution in [-0.2, 0) is 13.7 Å². The number of benzene rings is 1. The predicted molar refractivity (Wildman–Crippen MR) is 65.3 cm³/mol. The molecule has 0 aliphatic heterocycles. The quantitative estimate of drug-likeness (QED) is 0.628. The molecule has 0 amide bonds. The largest absolute Gasteiger partial charge is 0.480 e. The Hall–Kier alpha value is -2.95. The van der Waals surface area contributed by atoms with Crippen molar-refractivity contribution in [2.24, 2.45) is 7.05 Å². The van der Waals surface area contributed by atoms with Crippen molar-refractivity contribution in [1.82, 2.24) is 9.55 Å². The number of imidazole rings is 1. The van der Waals surface area contributed by atoms with Crippen molar-refractivity contribution in [3.8, 4) is 11.8 Å². The summed E-state index contributed by atoms with van der Waals surface area (Å²) < 4.78 is 20.0. The van der Waals surface area contributed by atoms with Gasteiger partial charge in [-0.3, -0.25) is 0 Å². The van der Waals surface area contributed by atoms with Crippen LogP contribution in [0.25, 0.3) is 0 Å². The molecule has 0 fully saturated rings. The van der Waals surface area contributed by atoms with Gasteiger partial charge in [-0.05, 0) is 23.1 Å². The number of rotatable bonds is 4. The van der Waals surface area contributed by atoms with Crippen molar-refractivity contribution in [3.63, 3.8) is 0 Å². The van der Waals surface area contributed by atoms with Gasteiger partial charge in [0.25, 0.3) is 0 Å². The van der Waals surface area contributed by atoms with Crippen LogP contribution in [0.5, 0.6) is 5.75 Å².